The van der Waals surface area contributed by atoms with Crippen LogP contribution in [0.3, 0.4) is 0 Å². The molecule has 10 heavy (non-hydrogen) atoms. The molecule has 0 atom stereocenters. The summed E-state index contributed by atoms with van der Waals surface area (Å²) < 4.78 is 0. The second kappa shape index (κ2) is 6.53. The first-order valence-corrected chi connectivity index (χ1v) is 3.94. The minimum absolute atomic E-state index is 0.389. The number of allylic oxidation sites excluding steroid dienone is 2. The van der Waals surface area contributed by atoms with Gasteiger partial charge in [-0.05, 0) is 19.8 Å². The van der Waals surface area contributed by atoms with Gasteiger partial charge in [-0.25, -0.2) is 0 Å². The fourth-order valence-corrected chi connectivity index (χ4v) is 0.815. The van der Waals surface area contributed by atoms with Gasteiger partial charge in [0.15, 0.2) is 0 Å². The molecule has 0 fully saturated rings. The molecule has 0 amide bonds. The number of rotatable bonds is 5. The molecule has 0 N–H and O–H groups in total. The quantitative estimate of drug-likeness (QED) is 0.536. The van der Waals surface area contributed by atoms with Crippen LogP contribution in [-0.2, 0) is 4.79 Å². The van der Waals surface area contributed by atoms with Gasteiger partial charge in [0.05, 0.1) is 0 Å². The van der Waals surface area contributed by atoms with Gasteiger partial charge in [-0.1, -0.05) is 19.1 Å². The maximum absolute atomic E-state index is 10.9. The van der Waals surface area contributed by atoms with Crippen LogP contribution in [0.2, 0.25) is 0 Å². The van der Waals surface area contributed by atoms with E-state index in [0.717, 1.165) is 25.7 Å². The van der Waals surface area contributed by atoms with Gasteiger partial charge in [-0.15, -0.1) is 0 Å². The first-order chi connectivity index (χ1) is 4.81. The van der Waals surface area contributed by atoms with E-state index in [1.165, 1.54) is 0 Å². The lowest BCUT2D eigenvalue weighted by molar-refractivity contribution is -0.119. The van der Waals surface area contributed by atoms with Crippen LogP contribution >= 0.6 is 0 Å². The van der Waals surface area contributed by atoms with Crippen molar-refractivity contribution in [3.8, 4) is 0 Å². The first-order valence-electron chi connectivity index (χ1n) is 3.94. The lowest BCUT2D eigenvalue weighted by Crippen LogP contribution is -1.94. The van der Waals surface area contributed by atoms with Crippen molar-refractivity contribution in [1.29, 1.82) is 0 Å². The number of carbonyl (C=O) groups excluding carboxylic acids is 1. The molecule has 0 aliphatic rings. The Morgan fingerprint density at radius 3 is 2.60 bits per heavy atom. The Hall–Kier alpha value is -0.590. The molecule has 0 unspecified atom stereocenters. The van der Waals surface area contributed by atoms with E-state index in [4.69, 9.17) is 0 Å². The van der Waals surface area contributed by atoms with Gasteiger partial charge >= 0.3 is 0 Å². The molecule has 0 aromatic heterocycles. The normalized spacial score (nSPS) is 10.6. The molecule has 58 valence electrons. The van der Waals surface area contributed by atoms with E-state index in [-0.39, 0.29) is 0 Å². The summed E-state index contributed by atoms with van der Waals surface area (Å²) in [7, 11) is 0. The van der Waals surface area contributed by atoms with Crippen molar-refractivity contribution in [3.63, 3.8) is 0 Å². The van der Waals surface area contributed by atoms with E-state index in [1.54, 1.807) is 0 Å². The van der Waals surface area contributed by atoms with E-state index in [2.05, 4.69) is 0 Å². The van der Waals surface area contributed by atoms with Crippen molar-refractivity contribution >= 4 is 5.78 Å². The van der Waals surface area contributed by atoms with E-state index < -0.39 is 0 Å². The average molecular weight is 140 g/mol. The summed E-state index contributed by atoms with van der Waals surface area (Å²) in [5.41, 5.74) is 0. The van der Waals surface area contributed by atoms with Gasteiger partial charge in [0.2, 0.25) is 0 Å². The Labute approximate surface area is 63.1 Å². The monoisotopic (exact) mass is 140 g/mol. The predicted molar refractivity (Wildman–Crippen MR) is 44.0 cm³/mol. The minimum Gasteiger partial charge on any atom is -0.300 e. The van der Waals surface area contributed by atoms with Crippen LogP contribution in [0.1, 0.15) is 39.5 Å². The maximum Gasteiger partial charge on any atom is 0.133 e. The summed E-state index contributed by atoms with van der Waals surface area (Å²) in [4.78, 5) is 10.9. The van der Waals surface area contributed by atoms with Gasteiger partial charge in [0.25, 0.3) is 0 Å². The summed E-state index contributed by atoms with van der Waals surface area (Å²) in [6.45, 7) is 4.01. The molecule has 0 aliphatic carbocycles. The largest absolute Gasteiger partial charge is 0.300 e. The Balaban J connectivity index is 3.21. The highest BCUT2D eigenvalue weighted by atomic mass is 16.1. The summed E-state index contributed by atoms with van der Waals surface area (Å²) in [5.74, 6) is 0.389. The third-order valence-corrected chi connectivity index (χ3v) is 1.35. The van der Waals surface area contributed by atoms with Gasteiger partial charge in [0, 0.05) is 12.8 Å². The Bertz CT molecular complexity index is 114. The zero-order valence-electron chi connectivity index (χ0n) is 6.89. The summed E-state index contributed by atoms with van der Waals surface area (Å²) >= 11 is 0. The van der Waals surface area contributed by atoms with Crippen LogP contribution < -0.4 is 0 Å². The smallest absolute Gasteiger partial charge is 0.133 e. The van der Waals surface area contributed by atoms with Crippen molar-refractivity contribution in [2.75, 3.05) is 0 Å². The zero-order valence-corrected chi connectivity index (χ0v) is 6.89. The fourth-order valence-electron chi connectivity index (χ4n) is 0.815. The number of carbonyl (C=O) groups is 1. The van der Waals surface area contributed by atoms with Crippen molar-refractivity contribution in [2.24, 2.45) is 0 Å². The Morgan fingerprint density at radius 1 is 1.40 bits per heavy atom. The van der Waals surface area contributed by atoms with Crippen molar-refractivity contribution in [1.82, 2.24) is 0 Å². The Kier molecular flexibility index (Phi) is 6.14. The molecule has 0 bridgehead atoms. The van der Waals surface area contributed by atoms with Crippen LogP contribution in [0.4, 0.5) is 0 Å². The van der Waals surface area contributed by atoms with E-state index in [0.29, 0.717) is 5.78 Å². The lowest BCUT2D eigenvalue weighted by Gasteiger charge is -1.92. The zero-order chi connectivity index (χ0) is 7.82. The molecule has 0 aromatic rings. The van der Waals surface area contributed by atoms with Gasteiger partial charge in [-0.2, -0.15) is 0 Å². The van der Waals surface area contributed by atoms with Crippen LogP contribution in [-0.4, -0.2) is 5.78 Å². The van der Waals surface area contributed by atoms with E-state index >= 15 is 0 Å². The molecule has 0 aliphatic heterocycles. The van der Waals surface area contributed by atoms with Crippen molar-refractivity contribution in [3.05, 3.63) is 12.2 Å². The molecule has 1 heteroatoms. The topological polar surface area (TPSA) is 17.1 Å². The molecular weight excluding hydrogens is 124 g/mol. The molecule has 0 radical (unpaired) electrons. The predicted octanol–water partition coefficient (Wildman–Crippen LogP) is 2.71. The third-order valence-electron chi connectivity index (χ3n) is 1.35. The molecule has 1 nitrogen and oxygen atoms in total. The molecule has 0 heterocycles. The SMILES string of the molecule is C/C=C\CCC(=O)CCC. The molecule has 0 aromatic carbocycles. The number of ketones is 1. The molecule has 0 saturated heterocycles. The minimum atomic E-state index is 0.389. The summed E-state index contributed by atoms with van der Waals surface area (Å²) in [5, 5.41) is 0. The summed E-state index contributed by atoms with van der Waals surface area (Å²) in [6, 6.07) is 0. The van der Waals surface area contributed by atoms with E-state index in [1.807, 2.05) is 26.0 Å². The van der Waals surface area contributed by atoms with Crippen LogP contribution in [0, 0.1) is 0 Å². The average Bonchev–Trinajstić information content (AvgIpc) is 1.89. The second-order valence-corrected chi connectivity index (χ2v) is 2.40. The van der Waals surface area contributed by atoms with Gasteiger partial charge in [-0.3, -0.25) is 4.79 Å². The Morgan fingerprint density at radius 2 is 2.10 bits per heavy atom. The van der Waals surface area contributed by atoms with Crippen LogP contribution in [0.25, 0.3) is 0 Å². The molecule has 0 saturated carbocycles. The van der Waals surface area contributed by atoms with Crippen LogP contribution in [0.15, 0.2) is 12.2 Å². The first kappa shape index (κ1) is 9.41. The van der Waals surface area contributed by atoms with Gasteiger partial charge in [0.1, 0.15) is 5.78 Å². The molecular formula is C9H16O. The highest BCUT2D eigenvalue weighted by Crippen LogP contribution is 1.98. The summed E-state index contributed by atoms with van der Waals surface area (Å²) in [6.07, 6.45) is 7.38. The number of hydrogen-bond acceptors (Lipinski definition) is 1. The van der Waals surface area contributed by atoms with Crippen LogP contribution in [0.5, 0.6) is 0 Å². The number of Topliss-reactive ketones (excluding diaryl/α,β-unsaturated/α-hetero) is 1. The maximum atomic E-state index is 10.9. The highest BCUT2D eigenvalue weighted by Gasteiger charge is 1.96. The fraction of sp³-hybridized carbons (Fsp3) is 0.667. The van der Waals surface area contributed by atoms with Gasteiger partial charge < -0.3 is 0 Å². The number of hydrogen-bond donors (Lipinski definition) is 0. The standard InChI is InChI=1S/C9H16O/c1-3-5-6-8-9(10)7-4-2/h3,5H,4,6-8H2,1-2H3/b5-3-. The molecule has 0 rings (SSSR count). The highest BCUT2D eigenvalue weighted by molar-refractivity contribution is 5.78. The van der Waals surface area contributed by atoms with E-state index in [9.17, 15) is 4.79 Å². The third kappa shape index (κ3) is 5.54. The molecule has 0 spiro atoms. The van der Waals surface area contributed by atoms with Crippen molar-refractivity contribution in [2.45, 2.75) is 39.5 Å². The second-order valence-electron chi connectivity index (χ2n) is 2.40. The van der Waals surface area contributed by atoms with Crippen molar-refractivity contribution < 1.29 is 4.79 Å². The lowest BCUT2D eigenvalue weighted by atomic mass is 10.1.